The average Bonchev–Trinajstić information content (AvgIpc) is 2.73. The van der Waals surface area contributed by atoms with E-state index in [2.05, 4.69) is 15.9 Å². The van der Waals surface area contributed by atoms with Crippen molar-refractivity contribution < 1.29 is 23.8 Å². The van der Waals surface area contributed by atoms with Gasteiger partial charge in [-0.05, 0) is 22.0 Å². The van der Waals surface area contributed by atoms with E-state index >= 15 is 0 Å². The third-order valence-electron chi connectivity index (χ3n) is 2.59. The fraction of sp³-hybridized carbons (Fsp3) is 0.364. The molecule has 2 rings (SSSR count). The number of cyclic esters (lactones) is 1. The molecule has 0 spiro atoms. The number of methoxy groups -OCH3 is 1. The molecule has 1 saturated heterocycles. The van der Waals surface area contributed by atoms with E-state index in [-0.39, 0.29) is 23.3 Å². The van der Waals surface area contributed by atoms with Crippen LogP contribution in [-0.2, 0) is 4.74 Å². The molecule has 0 bridgehead atoms. The molecule has 1 aliphatic rings. The molecular formula is C11H11BrFNO4. The number of hydrogen-bond acceptors (Lipinski definition) is 4. The standard InChI is InChI=1S/C11H11BrFNO4/c1-17-10-2-7(12)8(13)3-9(10)14-4-6(5-15)18-11(14)16/h2-3,6,15H,4-5H2,1H3/t6-/m1/s1. The second-order valence-corrected chi connectivity index (χ2v) is 4.59. The van der Waals surface area contributed by atoms with E-state index in [0.29, 0.717) is 5.75 Å². The number of ether oxygens (including phenoxy) is 2. The smallest absolute Gasteiger partial charge is 0.414 e. The molecule has 1 heterocycles. The molecule has 1 amide bonds. The number of aliphatic hydroxyl groups is 1. The number of hydrogen-bond donors (Lipinski definition) is 1. The molecule has 0 saturated carbocycles. The van der Waals surface area contributed by atoms with Crippen LogP contribution in [0.2, 0.25) is 0 Å². The Hall–Kier alpha value is -1.34. The zero-order valence-electron chi connectivity index (χ0n) is 9.52. The lowest BCUT2D eigenvalue weighted by Crippen LogP contribution is -2.26. The van der Waals surface area contributed by atoms with E-state index in [1.807, 2.05) is 0 Å². The number of halogens is 2. The van der Waals surface area contributed by atoms with Crippen LogP contribution in [0.1, 0.15) is 0 Å². The summed E-state index contributed by atoms with van der Waals surface area (Å²) in [6.45, 7) is -0.115. The molecule has 1 aliphatic heterocycles. The van der Waals surface area contributed by atoms with Crippen LogP contribution in [0, 0.1) is 5.82 Å². The van der Waals surface area contributed by atoms with Crippen LogP contribution in [-0.4, -0.2) is 37.6 Å². The summed E-state index contributed by atoms with van der Waals surface area (Å²) in [5, 5.41) is 8.96. The number of rotatable bonds is 3. The number of amides is 1. The summed E-state index contributed by atoms with van der Waals surface area (Å²) in [5.74, 6) is -0.162. The summed E-state index contributed by atoms with van der Waals surface area (Å²) in [4.78, 5) is 12.8. The Morgan fingerprint density at radius 2 is 2.39 bits per heavy atom. The maximum atomic E-state index is 13.5. The van der Waals surface area contributed by atoms with Crippen molar-refractivity contribution in [3.8, 4) is 5.75 Å². The lowest BCUT2D eigenvalue weighted by molar-refractivity contribution is 0.0963. The Labute approximate surface area is 111 Å². The molecule has 0 aliphatic carbocycles. The lowest BCUT2D eigenvalue weighted by atomic mass is 10.2. The van der Waals surface area contributed by atoms with Gasteiger partial charge in [0, 0.05) is 6.07 Å². The summed E-state index contributed by atoms with van der Waals surface area (Å²) >= 11 is 3.04. The van der Waals surface area contributed by atoms with Gasteiger partial charge in [-0.25, -0.2) is 9.18 Å². The minimum Gasteiger partial charge on any atom is -0.495 e. The first-order valence-corrected chi connectivity index (χ1v) is 5.98. The van der Waals surface area contributed by atoms with Gasteiger partial charge in [-0.3, -0.25) is 4.90 Å². The highest BCUT2D eigenvalue weighted by molar-refractivity contribution is 9.10. The van der Waals surface area contributed by atoms with Crippen molar-refractivity contribution in [2.75, 3.05) is 25.2 Å². The number of carbonyl (C=O) groups is 1. The van der Waals surface area contributed by atoms with Gasteiger partial charge in [-0.2, -0.15) is 0 Å². The summed E-state index contributed by atoms with van der Waals surface area (Å²) in [6.07, 6.45) is -1.23. The summed E-state index contributed by atoms with van der Waals surface area (Å²) < 4.78 is 23.8. The van der Waals surface area contributed by atoms with Gasteiger partial charge in [-0.1, -0.05) is 0 Å². The zero-order chi connectivity index (χ0) is 13.3. The number of anilines is 1. The Kier molecular flexibility index (Phi) is 3.72. The van der Waals surface area contributed by atoms with E-state index in [9.17, 15) is 9.18 Å². The molecule has 0 radical (unpaired) electrons. The predicted molar refractivity (Wildman–Crippen MR) is 65.4 cm³/mol. The maximum absolute atomic E-state index is 13.5. The first kappa shape index (κ1) is 13.1. The van der Waals surface area contributed by atoms with Crippen LogP contribution in [0.15, 0.2) is 16.6 Å². The average molecular weight is 320 g/mol. The number of nitrogens with zero attached hydrogens (tertiary/aromatic N) is 1. The van der Waals surface area contributed by atoms with Gasteiger partial charge >= 0.3 is 6.09 Å². The second kappa shape index (κ2) is 5.11. The first-order valence-electron chi connectivity index (χ1n) is 5.19. The Morgan fingerprint density at radius 1 is 1.67 bits per heavy atom. The lowest BCUT2D eigenvalue weighted by Gasteiger charge is -2.17. The molecule has 1 aromatic rings. The van der Waals surface area contributed by atoms with Crippen molar-refractivity contribution in [3.05, 3.63) is 22.4 Å². The molecule has 0 aromatic heterocycles. The largest absolute Gasteiger partial charge is 0.495 e. The van der Waals surface area contributed by atoms with Crippen molar-refractivity contribution in [1.29, 1.82) is 0 Å². The molecule has 1 fully saturated rings. The Balaban J connectivity index is 2.38. The van der Waals surface area contributed by atoms with Crippen molar-refractivity contribution in [3.63, 3.8) is 0 Å². The SMILES string of the molecule is COc1cc(Br)c(F)cc1N1C[C@H](CO)OC1=O. The van der Waals surface area contributed by atoms with E-state index in [1.165, 1.54) is 24.1 Å². The van der Waals surface area contributed by atoms with Crippen molar-refractivity contribution in [2.45, 2.75) is 6.10 Å². The molecule has 0 unspecified atom stereocenters. The van der Waals surface area contributed by atoms with Gasteiger partial charge in [0.1, 0.15) is 17.7 Å². The minimum atomic E-state index is -0.630. The van der Waals surface area contributed by atoms with Gasteiger partial charge < -0.3 is 14.6 Å². The van der Waals surface area contributed by atoms with Crippen molar-refractivity contribution in [1.82, 2.24) is 0 Å². The van der Waals surface area contributed by atoms with Crippen molar-refractivity contribution in [2.24, 2.45) is 0 Å². The highest BCUT2D eigenvalue weighted by Gasteiger charge is 2.34. The third-order valence-corrected chi connectivity index (χ3v) is 3.20. The first-order chi connectivity index (χ1) is 8.56. The maximum Gasteiger partial charge on any atom is 0.414 e. The fourth-order valence-electron chi connectivity index (χ4n) is 1.71. The second-order valence-electron chi connectivity index (χ2n) is 3.74. The van der Waals surface area contributed by atoms with Crippen LogP contribution in [0.25, 0.3) is 0 Å². The summed E-state index contributed by atoms with van der Waals surface area (Å²) in [7, 11) is 1.42. The predicted octanol–water partition coefficient (Wildman–Crippen LogP) is 1.91. The monoisotopic (exact) mass is 319 g/mol. The molecule has 98 valence electrons. The summed E-state index contributed by atoms with van der Waals surface area (Å²) in [5.41, 5.74) is 0.277. The van der Waals surface area contributed by atoms with Crippen LogP contribution in [0.3, 0.4) is 0 Å². The van der Waals surface area contributed by atoms with Gasteiger partial charge in [0.2, 0.25) is 0 Å². The Morgan fingerprint density at radius 3 is 2.94 bits per heavy atom. The van der Waals surface area contributed by atoms with Gasteiger partial charge in [0.05, 0.1) is 30.4 Å². The fourth-order valence-corrected chi connectivity index (χ4v) is 2.03. The topological polar surface area (TPSA) is 59.0 Å². The summed E-state index contributed by atoms with van der Waals surface area (Å²) in [6, 6.07) is 2.62. The molecular weight excluding hydrogens is 309 g/mol. The molecule has 7 heteroatoms. The quantitative estimate of drug-likeness (QED) is 0.924. The van der Waals surface area contributed by atoms with Gasteiger partial charge in [0.15, 0.2) is 0 Å². The molecule has 5 nitrogen and oxygen atoms in total. The molecule has 1 N–H and O–H groups in total. The van der Waals surface area contributed by atoms with E-state index in [0.717, 1.165) is 0 Å². The van der Waals surface area contributed by atoms with Crippen LogP contribution in [0.5, 0.6) is 5.75 Å². The minimum absolute atomic E-state index is 0.159. The van der Waals surface area contributed by atoms with E-state index in [1.54, 1.807) is 0 Å². The van der Waals surface area contributed by atoms with E-state index < -0.39 is 18.0 Å². The molecule has 1 aromatic carbocycles. The Bertz CT molecular complexity index is 482. The van der Waals surface area contributed by atoms with Crippen LogP contribution >= 0.6 is 15.9 Å². The molecule has 18 heavy (non-hydrogen) atoms. The number of aliphatic hydroxyl groups excluding tert-OH is 1. The van der Waals surface area contributed by atoms with E-state index in [4.69, 9.17) is 14.6 Å². The highest BCUT2D eigenvalue weighted by Crippen LogP contribution is 2.35. The van der Waals surface area contributed by atoms with Crippen LogP contribution in [0.4, 0.5) is 14.9 Å². The third kappa shape index (κ3) is 2.28. The van der Waals surface area contributed by atoms with Crippen LogP contribution < -0.4 is 9.64 Å². The number of benzene rings is 1. The number of carbonyl (C=O) groups excluding carboxylic acids is 1. The zero-order valence-corrected chi connectivity index (χ0v) is 11.1. The molecule has 1 atom stereocenters. The highest BCUT2D eigenvalue weighted by atomic mass is 79.9. The normalized spacial score (nSPS) is 19.0. The van der Waals surface area contributed by atoms with Crippen molar-refractivity contribution >= 4 is 27.7 Å². The van der Waals surface area contributed by atoms with Gasteiger partial charge in [0.25, 0.3) is 0 Å². The van der Waals surface area contributed by atoms with Gasteiger partial charge in [-0.15, -0.1) is 0 Å².